The van der Waals surface area contributed by atoms with Gasteiger partial charge in [-0.1, -0.05) is 11.6 Å². The molecule has 0 radical (unpaired) electrons. The summed E-state index contributed by atoms with van der Waals surface area (Å²) in [5.41, 5.74) is 4.02. The van der Waals surface area contributed by atoms with Gasteiger partial charge in [0.15, 0.2) is 0 Å². The van der Waals surface area contributed by atoms with E-state index in [1.165, 1.54) is 11.1 Å². The first-order chi connectivity index (χ1) is 8.56. The Morgan fingerprint density at radius 2 is 2.22 bits per heavy atom. The standard InChI is InChI=1S/C15H19NO2/c1-11(2)5-7-16-8-6-12-3-4-13(15(17)18)9-14(12)10-16/h3-4,9H,1,5-8,10H2,2H3,(H,17,18). The highest BCUT2D eigenvalue weighted by Crippen LogP contribution is 2.21. The zero-order valence-electron chi connectivity index (χ0n) is 10.8. The summed E-state index contributed by atoms with van der Waals surface area (Å²) in [4.78, 5) is 13.3. The van der Waals surface area contributed by atoms with Gasteiger partial charge in [0.1, 0.15) is 0 Å². The third-order valence-corrected chi connectivity index (χ3v) is 3.40. The third kappa shape index (κ3) is 2.99. The molecule has 0 aliphatic carbocycles. The van der Waals surface area contributed by atoms with Crippen LogP contribution in [-0.4, -0.2) is 29.1 Å². The molecule has 0 saturated heterocycles. The lowest BCUT2D eigenvalue weighted by Crippen LogP contribution is -2.31. The Morgan fingerprint density at radius 1 is 1.44 bits per heavy atom. The molecular weight excluding hydrogens is 226 g/mol. The summed E-state index contributed by atoms with van der Waals surface area (Å²) in [6.45, 7) is 8.86. The summed E-state index contributed by atoms with van der Waals surface area (Å²) in [5, 5.41) is 9.00. The highest BCUT2D eigenvalue weighted by molar-refractivity contribution is 5.87. The normalized spacial score (nSPS) is 15.2. The van der Waals surface area contributed by atoms with Crippen LogP contribution in [0.5, 0.6) is 0 Å². The molecule has 0 amide bonds. The number of benzene rings is 1. The van der Waals surface area contributed by atoms with Gasteiger partial charge in [0.05, 0.1) is 5.56 Å². The molecule has 2 rings (SSSR count). The van der Waals surface area contributed by atoms with Crippen LogP contribution in [0.15, 0.2) is 30.4 Å². The summed E-state index contributed by atoms with van der Waals surface area (Å²) in [6.07, 6.45) is 2.01. The van der Waals surface area contributed by atoms with E-state index in [0.717, 1.165) is 38.0 Å². The highest BCUT2D eigenvalue weighted by atomic mass is 16.4. The van der Waals surface area contributed by atoms with Gasteiger partial charge in [-0.15, -0.1) is 6.58 Å². The van der Waals surface area contributed by atoms with Crippen LogP contribution in [0.3, 0.4) is 0 Å². The fraction of sp³-hybridized carbons (Fsp3) is 0.400. The smallest absolute Gasteiger partial charge is 0.335 e. The largest absolute Gasteiger partial charge is 0.478 e. The van der Waals surface area contributed by atoms with Crippen molar-refractivity contribution in [2.24, 2.45) is 0 Å². The van der Waals surface area contributed by atoms with E-state index in [2.05, 4.69) is 11.5 Å². The van der Waals surface area contributed by atoms with Crippen molar-refractivity contribution in [1.29, 1.82) is 0 Å². The fourth-order valence-corrected chi connectivity index (χ4v) is 2.29. The molecule has 3 nitrogen and oxygen atoms in total. The minimum Gasteiger partial charge on any atom is -0.478 e. The number of nitrogens with zero attached hydrogens (tertiary/aromatic N) is 1. The Hall–Kier alpha value is -1.61. The molecule has 0 unspecified atom stereocenters. The van der Waals surface area contributed by atoms with Crippen LogP contribution in [0, 0.1) is 0 Å². The molecule has 0 atom stereocenters. The van der Waals surface area contributed by atoms with Gasteiger partial charge >= 0.3 is 5.97 Å². The number of carboxylic acid groups (broad SMARTS) is 1. The van der Waals surface area contributed by atoms with Crippen molar-refractivity contribution in [3.63, 3.8) is 0 Å². The SMILES string of the molecule is C=C(C)CCN1CCc2ccc(C(=O)O)cc2C1. The number of hydrogen-bond donors (Lipinski definition) is 1. The molecule has 1 aliphatic rings. The second kappa shape index (κ2) is 5.36. The number of rotatable bonds is 4. The molecule has 0 spiro atoms. The maximum atomic E-state index is 11.0. The number of fused-ring (bicyclic) bond motifs is 1. The molecule has 0 aromatic heterocycles. The molecule has 0 saturated carbocycles. The van der Waals surface area contributed by atoms with Crippen LogP contribution in [0.2, 0.25) is 0 Å². The van der Waals surface area contributed by atoms with Gasteiger partial charge in [0.2, 0.25) is 0 Å². The van der Waals surface area contributed by atoms with Crippen LogP contribution in [-0.2, 0) is 13.0 Å². The summed E-state index contributed by atoms with van der Waals surface area (Å²) >= 11 is 0. The van der Waals surface area contributed by atoms with Crippen LogP contribution < -0.4 is 0 Å². The maximum Gasteiger partial charge on any atom is 0.335 e. The lowest BCUT2D eigenvalue weighted by atomic mass is 9.97. The van der Waals surface area contributed by atoms with Crippen LogP contribution >= 0.6 is 0 Å². The summed E-state index contributed by atoms with van der Waals surface area (Å²) in [7, 11) is 0. The molecule has 0 fully saturated rings. The predicted molar refractivity (Wildman–Crippen MR) is 71.8 cm³/mol. The molecule has 0 bridgehead atoms. The molecule has 96 valence electrons. The topological polar surface area (TPSA) is 40.5 Å². The monoisotopic (exact) mass is 245 g/mol. The first kappa shape index (κ1) is 12.8. The summed E-state index contributed by atoms with van der Waals surface area (Å²) in [5.74, 6) is -0.850. The average Bonchev–Trinajstić information content (AvgIpc) is 2.35. The predicted octanol–water partition coefficient (Wildman–Crippen LogP) is 2.71. The Morgan fingerprint density at radius 3 is 2.89 bits per heavy atom. The van der Waals surface area contributed by atoms with Gasteiger partial charge in [-0.25, -0.2) is 4.79 Å². The molecular formula is C15H19NO2. The van der Waals surface area contributed by atoms with E-state index >= 15 is 0 Å². The van der Waals surface area contributed by atoms with Crippen molar-refractivity contribution in [2.75, 3.05) is 13.1 Å². The number of hydrogen-bond acceptors (Lipinski definition) is 2. The zero-order valence-corrected chi connectivity index (χ0v) is 10.8. The van der Waals surface area contributed by atoms with E-state index in [4.69, 9.17) is 5.11 Å². The van der Waals surface area contributed by atoms with E-state index < -0.39 is 5.97 Å². The van der Waals surface area contributed by atoms with Gasteiger partial charge in [0, 0.05) is 19.6 Å². The van der Waals surface area contributed by atoms with Gasteiger partial charge in [-0.3, -0.25) is 4.90 Å². The minimum atomic E-state index is -0.850. The van der Waals surface area contributed by atoms with Crippen molar-refractivity contribution in [3.8, 4) is 0 Å². The summed E-state index contributed by atoms with van der Waals surface area (Å²) in [6, 6.07) is 5.46. The van der Waals surface area contributed by atoms with Crippen molar-refractivity contribution >= 4 is 5.97 Å². The Bertz CT molecular complexity index is 479. The van der Waals surface area contributed by atoms with Crippen LogP contribution in [0.1, 0.15) is 34.8 Å². The molecule has 3 heteroatoms. The summed E-state index contributed by atoms with van der Waals surface area (Å²) < 4.78 is 0. The minimum absolute atomic E-state index is 0.385. The van der Waals surface area contributed by atoms with E-state index in [1.54, 1.807) is 6.07 Å². The van der Waals surface area contributed by atoms with E-state index in [0.29, 0.717) is 5.56 Å². The fourth-order valence-electron chi connectivity index (χ4n) is 2.29. The second-order valence-electron chi connectivity index (χ2n) is 5.02. The number of aromatic carboxylic acids is 1. The molecule has 1 aromatic carbocycles. The lowest BCUT2D eigenvalue weighted by Gasteiger charge is -2.29. The molecule has 1 heterocycles. The van der Waals surface area contributed by atoms with E-state index in [-0.39, 0.29) is 0 Å². The van der Waals surface area contributed by atoms with Gasteiger partial charge in [-0.05, 0) is 43.0 Å². The third-order valence-electron chi connectivity index (χ3n) is 3.40. The molecule has 1 N–H and O–H groups in total. The number of carbonyl (C=O) groups is 1. The molecule has 1 aliphatic heterocycles. The van der Waals surface area contributed by atoms with Crippen LogP contribution in [0.4, 0.5) is 0 Å². The quantitative estimate of drug-likeness (QED) is 0.829. The zero-order chi connectivity index (χ0) is 13.1. The maximum absolute atomic E-state index is 11.0. The van der Waals surface area contributed by atoms with E-state index in [9.17, 15) is 4.79 Å². The van der Waals surface area contributed by atoms with Crippen molar-refractivity contribution in [1.82, 2.24) is 4.90 Å². The average molecular weight is 245 g/mol. The second-order valence-corrected chi connectivity index (χ2v) is 5.02. The van der Waals surface area contributed by atoms with E-state index in [1.807, 2.05) is 19.1 Å². The molecule has 18 heavy (non-hydrogen) atoms. The van der Waals surface area contributed by atoms with Crippen molar-refractivity contribution in [3.05, 3.63) is 47.0 Å². The Labute approximate surface area is 108 Å². The van der Waals surface area contributed by atoms with Gasteiger partial charge < -0.3 is 5.11 Å². The first-order valence-corrected chi connectivity index (χ1v) is 6.28. The van der Waals surface area contributed by atoms with Crippen molar-refractivity contribution < 1.29 is 9.90 Å². The first-order valence-electron chi connectivity index (χ1n) is 6.28. The Kier molecular flexibility index (Phi) is 3.82. The van der Waals surface area contributed by atoms with Crippen molar-refractivity contribution in [2.45, 2.75) is 26.3 Å². The van der Waals surface area contributed by atoms with Gasteiger partial charge in [0.25, 0.3) is 0 Å². The Balaban J connectivity index is 2.09. The molecule has 1 aromatic rings. The lowest BCUT2D eigenvalue weighted by molar-refractivity contribution is 0.0696. The van der Waals surface area contributed by atoms with Crippen LogP contribution in [0.25, 0.3) is 0 Å². The highest BCUT2D eigenvalue weighted by Gasteiger charge is 2.17. The number of carboxylic acids is 1. The van der Waals surface area contributed by atoms with Gasteiger partial charge in [-0.2, -0.15) is 0 Å².